The summed E-state index contributed by atoms with van der Waals surface area (Å²) in [5.74, 6) is 0.0605. The lowest BCUT2D eigenvalue weighted by Gasteiger charge is -2.31. The summed E-state index contributed by atoms with van der Waals surface area (Å²) in [6.45, 7) is 4.59. The van der Waals surface area contributed by atoms with E-state index in [1.54, 1.807) is 0 Å². The van der Waals surface area contributed by atoms with E-state index in [1.165, 1.54) is 0 Å². The number of nitrogens with one attached hydrogen (secondary N) is 2. The van der Waals surface area contributed by atoms with Gasteiger partial charge in [0.25, 0.3) is 0 Å². The number of aryl methyl sites for hydroxylation is 1. The molecule has 1 aromatic carbocycles. The molecule has 17 heavy (non-hydrogen) atoms. The van der Waals surface area contributed by atoms with Crippen molar-refractivity contribution in [2.24, 2.45) is 0 Å². The van der Waals surface area contributed by atoms with Crippen LogP contribution in [0.15, 0.2) is 24.3 Å². The molecule has 1 aliphatic rings. The Bertz CT molecular complexity index is 405. The molecule has 1 atom stereocenters. The lowest BCUT2D eigenvalue weighted by Crippen LogP contribution is -2.54. The predicted molar refractivity (Wildman–Crippen MR) is 69.1 cm³/mol. The lowest BCUT2D eigenvalue weighted by molar-refractivity contribution is -0.121. The molecule has 0 aliphatic carbocycles. The molecule has 4 nitrogen and oxygen atoms in total. The molecule has 2 rings (SSSR count). The van der Waals surface area contributed by atoms with Gasteiger partial charge in [0.05, 0.1) is 0 Å². The molecule has 0 spiro atoms. The van der Waals surface area contributed by atoms with Crippen LogP contribution in [0.5, 0.6) is 0 Å². The first-order valence-corrected chi connectivity index (χ1v) is 5.95. The normalized spacial score (nSPS) is 21.2. The largest absolute Gasteiger partial charge is 0.325 e. The van der Waals surface area contributed by atoms with Crippen LogP contribution in [-0.4, -0.2) is 43.5 Å². The van der Waals surface area contributed by atoms with Gasteiger partial charge in [-0.3, -0.25) is 9.69 Å². The van der Waals surface area contributed by atoms with Crippen molar-refractivity contribution in [1.29, 1.82) is 0 Å². The Hall–Kier alpha value is -1.39. The number of likely N-dealkylation sites (N-methyl/N-ethyl adjacent to an activating group) is 1. The number of amides is 1. The van der Waals surface area contributed by atoms with Crippen LogP contribution in [0.2, 0.25) is 0 Å². The Morgan fingerprint density at radius 1 is 1.53 bits per heavy atom. The molecule has 0 bridgehead atoms. The Morgan fingerprint density at radius 2 is 2.35 bits per heavy atom. The minimum absolute atomic E-state index is 0.0605. The molecule has 0 saturated carbocycles. The number of benzene rings is 1. The Labute approximate surface area is 102 Å². The van der Waals surface area contributed by atoms with Gasteiger partial charge >= 0.3 is 0 Å². The van der Waals surface area contributed by atoms with Crippen LogP contribution >= 0.6 is 0 Å². The van der Waals surface area contributed by atoms with Crippen LogP contribution in [0, 0.1) is 6.92 Å². The maximum atomic E-state index is 12.1. The van der Waals surface area contributed by atoms with Gasteiger partial charge in [-0.05, 0) is 31.7 Å². The predicted octanol–water partition coefficient (Wildman–Crippen LogP) is 0.837. The zero-order valence-corrected chi connectivity index (χ0v) is 10.4. The van der Waals surface area contributed by atoms with Gasteiger partial charge in [-0.1, -0.05) is 12.1 Å². The lowest BCUT2D eigenvalue weighted by atomic mass is 10.1. The average Bonchev–Trinajstić information content (AvgIpc) is 2.29. The molecule has 0 aromatic heterocycles. The minimum atomic E-state index is -0.0794. The summed E-state index contributed by atoms with van der Waals surface area (Å²) in [5, 5.41) is 6.20. The molecule has 1 aromatic rings. The number of nitrogens with zero attached hydrogens (tertiary/aromatic N) is 1. The van der Waals surface area contributed by atoms with Gasteiger partial charge < -0.3 is 10.6 Å². The van der Waals surface area contributed by atoms with Crippen LogP contribution in [0.4, 0.5) is 5.69 Å². The first kappa shape index (κ1) is 12.1. The zero-order chi connectivity index (χ0) is 12.3. The van der Waals surface area contributed by atoms with Crippen molar-refractivity contribution < 1.29 is 4.79 Å². The third-order valence-electron chi connectivity index (χ3n) is 3.10. The number of piperazine rings is 1. The Morgan fingerprint density at radius 3 is 3.06 bits per heavy atom. The summed E-state index contributed by atoms with van der Waals surface area (Å²) in [7, 11) is 1.99. The molecule has 1 saturated heterocycles. The van der Waals surface area contributed by atoms with Crippen molar-refractivity contribution >= 4 is 11.6 Å². The van der Waals surface area contributed by atoms with E-state index in [9.17, 15) is 4.79 Å². The molecule has 4 heteroatoms. The molecule has 1 unspecified atom stereocenters. The van der Waals surface area contributed by atoms with Gasteiger partial charge in [0.15, 0.2) is 0 Å². The highest BCUT2D eigenvalue weighted by Gasteiger charge is 2.25. The van der Waals surface area contributed by atoms with Gasteiger partial charge in [-0.2, -0.15) is 0 Å². The molecule has 1 amide bonds. The van der Waals surface area contributed by atoms with Gasteiger partial charge in [0, 0.05) is 25.3 Å². The van der Waals surface area contributed by atoms with Crippen LogP contribution < -0.4 is 10.6 Å². The molecular formula is C13H19N3O. The fourth-order valence-electron chi connectivity index (χ4n) is 2.05. The van der Waals surface area contributed by atoms with Crippen molar-refractivity contribution in [2.45, 2.75) is 13.0 Å². The van der Waals surface area contributed by atoms with E-state index in [0.29, 0.717) is 6.54 Å². The first-order valence-electron chi connectivity index (χ1n) is 5.95. The number of hydrogen-bond donors (Lipinski definition) is 2. The van der Waals surface area contributed by atoms with Crippen LogP contribution in [0.25, 0.3) is 0 Å². The minimum Gasteiger partial charge on any atom is -0.325 e. The fourth-order valence-corrected chi connectivity index (χ4v) is 2.05. The molecule has 0 radical (unpaired) electrons. The average molecular weight is 233 g/mol. The van der Waals surface area contributed by atoms with Crippen molar-refractivity contribution in [1.82, 2.24) is 10.2 Å². The maximum absolute atomic E-state index is 12.1. The van der Waals surface area contributed by atoms with E-state index < -0.39 is 0 Å². The third-order valence-corrected chi connectivity index (χ3v) is 3.10. The molecule has 92 valence electrons. The van der Waals surface area contributed by atoms with Gasteiger partial charge in [0.1, 0.15) is 6.04 Å². The second-order valence-electron chi connectivity index (χ2n) is 4.56. The number of anilines is 1. The van der Waals surface area contributed by atoms with Crippen molar-refractivity contribution in [3.63, 3.8) is 0 Å². The monoisotopic (exact) mass is 233 g/mol. The van der Waals surface area contributed by atoms with E-state index in [2.05, 4.69) is 15.5 Å². The van der Waals surface area contributed by atoms with Gasteiger partial charge in [-0.15, -0.1) is 0 Å². The second kappa shape index (κ2) is 5.29. The first-order chi connectivity index (χ1) is 8.16. The van der Waals surface area contributed by atoms with Crippen molar-refractivity contribution in [3.05, 3.63) is 29.8 Å². The molecule has 1 fully saturated rings. The van der Waals surface area contributed by atoms with Crippen molar-refractivity contribution in [2.75, 3.05) is 32.0 Å². The topological polar surface area (TPSA) is 44.4 Å². The molecule has 1 heterocycles. The smallest absolute Gasteiger partial charge is 0.243 e. The standard InChI is InChI=1S/C13H19N3O/c1-10-4-3-5-11(8-10)15-13(17)12-9-14-6-7-16(12)2/h3-5,8,12,14H,6-7,9H2,1-2H3,(H,15,17). The zero-order valence-electron chi connectivity index (χ0n) is 10.4. The highest BCUT2D eigenvalue weighted by Crippen LogP contribution is 2.11. The van der Waals surface area contributed by atoms with Crippen LogP contribution in [0.1, 0.15) is 5.56 Å². The summed E-state index contributed by atoms with van der Waals surface area (Å²) in [5.41, 5.74) is 2.02. The number of rotatable bonds is 2. The Balaban J connectivity index is 2.01. The van der Waals surface area contributed by atoms with E-state index in [4.69, 9.17) is 0 Å². The summed E-state index contributed by atoms with van der Waals surface area (Å²) < 4.78 is 0. The van der Waals surface area contributed by atoms with E-state index in [0.717, 1.165) is 24.3 Å². The van der Waals surface area contributed by atoms with Gasteiger partial charge in [0.2, 0.25) is 5.91 Å². The fraction of sp³-hybridized carbons (Fsp3) is 0.462. The van der Waals surface area contributed by atoms with E-state index in [1.807, 2.05) is 38.2 Å². The highest BCUT2D eigenvalue weighted by molar-refractivity contribution is 5.95. The number of hydrogen-bond acceptors (Lipinski definition) is 3. The summed E-state index contributed by atoms with van der Waals surface area (Å²) in [4.78, 5) is 14.2. The summed E-state index contributed by atoms with van der Waals surface area (Å²) in [6.07, 6.45) is 0. The molecular weight excluding hydrogens is 214 g/mol. The summed E-state index contributed by atoms with van der Waals surface area (Å²) >= 11 is 0. The summed E-state index contributed by atoms with van der Waals surface area (Å²) in [6, 6.07) is 7.79. The second-order valence-corrected chi connectivity index (χ2v) is 4.56. The molecule has 1 aliphatic heterocycles. The SMILES string of the molecule is Cc1cccc(NC(=O)C2CNCCN2C)c1. The number of carbonyl (C=O) groups excluding carboxylic acids is 1. The van der Waals surface area contributed by atoms with E-state index in [-0.39, 0.29) is 11.9 Å². The van der Waals surface area contributed by atoms with E-state index >= 15 is 0 Å². The van der Waals surface area contributed by atoms with Crippen LogP contribution in [0.3, 0.4) is 0 Å². The Kier molecular flexibility index (Phi) is 3.76. The number of carbonyl (C=O) groups is 1. The molecule has 2 N–H and O–H groups in total. The maximum Gasteiger partial charge on any atom is 0.243 e. The van der Waals surface area contributed by atoms with Crippen LogP contribution in [-0.2, 0) is 4.79 Å². The quantitative estimate of drug-likeness (QED) is 0.795. The third kappa shape index (κ3) is 3.05. The highest BCUT2D eigenvalue weighted by atomic mass is 16.2. The van der Waals surface area contributed by atoms with Crippen molar-refractivity contribution in [3.8, 4) is 0 Å². The van der Waals surface area contributed by atoms with Gasteiger partial charge in [-0.25, -0.2) is 0 Å².